The van der Waals surface area contributed by atoms with Gasteiger partial charge in [-0.3, -0.25) is 0 Å². The van der Waals surface area contributed by atoms with Gasteiger partial charge in [0, 0.05) is 11.1 Å². The van der Waals surface area contributed by atoms with Gasteiger partial charge in [-0.2, -0.15) is 0 Å². The van der Waals surface area contributed by atoms with Crippen molar-refractivity contribution in [3.63, 3.8) is 0 Å². The predicted octanol–water partition coefficient (Wildman–Crippen LogP) is 2.87. The summed E-state index contributed by atoms with van der Waals surface area (Å²) in [6.45, 7) is 8.28. The van der Waals surface area contributed by atoms with Crippen molar-refractivity contribution in [3.05, 3.63) is 0 Å². The lowest BCUT2D eigenvalue weighted by atomic mass is 9.93. The van der Waals surface area contributed by atoms with Crippen molar-refractivity contribution in [1.82, 2.24) is 0 Å². The van der Waals surface area contributed by atoms with Gasteiger partial charge in [0.2, 0.25) is 0 Å². The van der Waals surface area contributed by atoms with E-state index in [2.05, 4.69) is 27.7 Å². The molecule has 4 N–H and O–H groups in total. The third kappa shape index (κ3) is 18.3. The maximum Gasteiger partial charge on any atom is 0.00970 e. The second-order valence-corrected chi connectivity index (χ2v) is 5.18. The zero-order chi connectivity index (χ0) is 9.83. The fraction of sp³-hybridized carbons (Fsp3) is 1.00. The van der Waals surface area contributed by atoms with Crippen LogP contribution in [0.4, 0.5) is 0 Å². The normalized spacial score (nSPS) is 11.6. The van der Waals surface area contributed by atoms with Crippen molar-refractivity contribution < 1.29 is 0 Å². The smallest absolute Gasteiger partial charge is 0.00970 e. The van der Waals surface area contributed by atoms with Gasteiger partial charge < -0.3 is 11.5 Å². The van der Waals surface area contributed by atoms with E-state index in [0.717, 1.165) is 12.8 Å². The lowest BCUT2D eigenvalue weighted by Gasteiger charge is -2.21. The van der Waals surface area contributed by atoms with E-state index in [1.807, 2.05) is 0 Å². The maximum atomic E-state index is 5.85. The van der Waals surface area contributed by atoms with Crippen LogP contribution in [0.5, 0.6) is 0 Å². The van der Waals surface area contributed by atoms with E-state index in [4.69, 9.17) is 11.5 Å². The molecule has 0 atom stereocenters. The molecular formula is C10H26Cl2N2. The first-order valence-corrected chi connectivity index (χ1v) is 4.78. The van der Waals surface area contributed by atoms with Crippen LogP contribution in [0.1, 0.15) is 53.4 Å². The molecule has 0 unspecified atom stereocenters. The summed E-state index contributed by atoms with van der Waals surface area (Å²) in [7, 11) is 0. The first-order chi connectivity index (χ1) is 5.21. The van der Waals surface area contributed by atoms with Crippen LogP contribution < -0.4 is 11.5 Å². The van der Waals surface area contributed by atoms with E-state index in [-0.39, 0.29) is 35.9 Å². The van der Waals surface area contributed by atoms with Gasteiger partial charge in [-0.1, -0.05) is 12.8 Å². The van der Waals surface area contributed by atoms with Gasteiger partial charge in [0.15, 0.2) is 0 Å². The fourth-order valence-electron chi connectivity index (χ4n) is 1.16. The lowest BCUT2D eigenvalue weighted by Crippen LogP contribution is -2.33. The Kier molecular flexibility index (Phi) is 11.1. The Balaban J connectivity index is -0.000000605. The van der Waals surface area contributed by atoms with Crippen LogP contribution >= 0.6 is 24.8 Å². The molecule has 0 aliphatic carbocycles. The molecule has 0 aromatic heterocycles. The van der Waals surface area contributed by atoms with Crippen LogP contribution in [0.25, 0.3) is 0 Å². The molecule has 0 fully saturated rings. The van der Waals surface area contributed by atoms with Crippen LogP contribution in [0.3, 0.4) is 0 Å². The highest BCUT2D eigenvalue weighted by molar-refractivity contribution is 5.85. The summed E-state index contributed by atoms with van der Waals surface area (Å²) in [5.41, 5.74) is 11.7. The van der Waals surface area contributed by atoms with Gasteiger partial charge >= 0.3 is 0 Å². The zero-order valence-corrected chi connectivity index (χ0v) is 11.4. The Morgan fingerprint density at radius 3 is 1.07 bits per heavy atom. The van der Waals surface area contributed by atoms with Crippen LogP contribution in [-0.2, 0) is 0 Å². The van der Waals surface area contributed by atoms with E-state index in [1.165, 1.54) is 12.8 Å². The van der Waals surface area contributed by atoms with Crippen LogP contribution in [0.2, 0.25) is 0 Å². The van der Waals surface area contributed by atoms with Crippen molar-refractivity contribution in [2.75, 3.05) is 0 Å². The lowest BCUT2D eigenvalue weighted by molar-refractivity contribution is 0.403. The summed E-state index contributed by atoms with van der Waals surface area (Å²) >= 11 is 0. The van der Waals surface area contributed by atoms with Gasteiger partial charge in [-0.25, -0.2) is 0 Å². The molecule has 0 saturated carbocycles. The molecule has 0 spiro atoms. The molecule has 0 rings (SSSR count). The minimum atomic E-state index is -0.0151. The van der Waals surface area contributed by atoms with Crippen molar-refractivity contribution in [1.29, 1.82) is 0 Å². The van der Waals surface area contributed by atoms with Crippen LogP contribution in [0.15, 0.2) is 0 Å². The molecule has 0 aromatic rings. The molecule has 4 heteroatoms. The van der Waals surface area contributed by atoms with E-state index < -0.39 is 0 Å². The molecular weight excluding hydrogens is 219 g/mol. The molecule has 0 radical (unpaired) electrons. The third-order valence-electron chi connectivity index (χ3n) is 1.89. The molecule has 0 amide bonds. The number of unbranched alkanes of at least 4 members (excludes halogenated alkanes) is 1. The number of hydrogen-bond acceptors (Lipinski definition) is 2. The average Bonchev–Trinajstić information content (AvgIpc) is 1.76. The molecule has 0 saturated heterocycles. The Labute approximate surface area is 101 Å². The van der Waals surface area contributed by atoms with E-state index >= 15 is 0 Å². The highest BCUT2D eigenvalue weighted by Gasteiger charge is 2.12. The van der Waals surface area contributed by atoms with E-state index in [9.17, 15) is 0 Å². The molecule has 2 nitrogen and oxygen atoms in total. The number of hydrogen-bond donors (Lipinski definition) is 2. The van der Waals surface area contributed by atoms with Crippen molar-refractivity contribution >= 4 is 24.8 Å². The SMILES string of the molecule is CC(C)(N)CCCCC(C)(C)N.Cl.Cl. The molecule has 0 heterocycles. The first-order valence-electron chi connectivity index (χ1n) is 4.78. The van der Waals surface area contributed by atoms with E-state index in [0.29, 0.717) is 0 Å². The van der Waals surface area contributed by atoms with Crippen molar-refractivity contribution in [3.8, 4) is 0 Å². The largest absolute Gasteiger partial charge is 0.326 e. The van der Waals surface area contributed by atoms with Crippen molar-refractivity contribution in [2.45, 2.75) is 64.5 Å². The average molecular weight is 245 g/mol. The summed E-state index contributed by atoms with van der Waals surface area (Å²) in [5.74, 6) is 0. The number of rotatable bonds is 5. The Morgan fingerprint density at radius 1 is 0.714 bits per heavy atom. The third-order valence-corrected chi connectivity index (χ3v) is 1.89. The highest BCUT2D eigenvalue weighted by Crippen LogP contribution is 2.14. The summed E-state index contributed by atoms with van der Waals surface area (Å²) < 4.78 is 0. The predicted molar refractivity (Wildman–Crippen MR) is 69.5 cm³/mol. The highest BCUT2D eigenvalue weighted by atomic mass is 35.5. The number of halogens is 2. The first kappa shape index (κ1) is 20.0. The second kappa shape index (κ2) is 7.75. The topological polar surface area (TPSA) is 52.0 Å². The molecule has 0 aromatic carbocycles. The fourth-order valence-corrected chi connectivity index (χ4v) is 1.16. The summed E-state index contributed by atoms with van der Waals surface area (Å²) in [6.07, 6.45) is 4.54. The monoisotopic (exact) mass is 244 g/mol. The summed E-state index contributed by atoms with van der Waals surface area (Å²) in [4.78, 5) is 0. The molecule has 0 aliphatic rings. The Bertz CT molecular complexity index is 109. The van der Waals surface area contributed by atoms with Gasteiger partial charge in [0.25, 0.3) is 0 Å². The molecule has 90 valence electrons. The Hall–Kier alpha value is 0.500. The number of nitrogens with two attached hydrogens (primary N) is 2. The van der Waals surface area contributed by atoms with Gasteiger partial charge in [-0.15, -0.1) is 24.8 Å². The summed E-state index contributed by atoms with van der Waals surface area (Å²) in [6, 6.07) is 0. The molecule has 0 aliphatic heterocycles. The minimum absolute atomic E-state index is 0. The van der Waals surface area contributed by atoms with Gasteiger partial charge in [-0.05, 0) is 40.5 Å². The van der Waals surface area contributed by atoms with Gasteiger partial charge in [0.1, 0.15) is 0 Å². The molecule has 14 heavy (non-hydrogen) atoms. The summed E-state index contributed by atoms with van der Waals surface area (Å²) in [5, 5.41) is 0. The second-order valence-electron chi connectivity index (χ2n) is 5.18. The van der Waals surface area contributed by atoms with Gasteiger partial charge in [0.05, 0.1) is 0 Å². The van der Waals surface area contributed by atoms with E-state index in [1.54, 1.807) is 0 Å². The van der Waals surface area contributed by atoms with Crippen molar-refractivity contribution in [2.24, 2.45) is 11.5 Å². The van der Waals surface area contributed by atoms with Crippen LogP contribution in [-0.4, -0.2) is 11.1 Å². The maximum absolute atomic E-state index is 5.85. The molecule has 0 bridgehead atoms. The quantitative estimate of drug-likeness (QED) is 0.732. The standard InChI is InChI=1S/C10H24N2.2ClH/c1-9(2,11)7-5-6-8-10(3,4)12;;/h5-8,11-12H2,1-4H3;2*1H. The zero-order valence-electron chi connectivity index (χ0n) is 9.80. The minimum Gasteiger partial charge on any atom is -0.326 e. The van der Waals surface area contributed by atoms with Crippen LogP contribution in [0, 0.1) is 0 Å². The Morgan fingerprint density at radius 2 is 0.929 bits per heavy atom.